The van der Waals surface area contributed by atoms with Crippen molar-refractivity contribution in [2.45, 2.75) is 6.61 Å². The number of halogens is 1. The molecule has 3 aromatic rings. The number of fused-ring (bicyclic) bond motifs is 1. The molecular formula is C16H14BrN3O2. The van der Waals surface area contributed by atoms with Gasteiger partial charge in [0.05, 0.1) is 23.2 Å². The molecule has 0 aliphatic carbocycles. The summed E-state index contributed by atoms with van der Waals surface area (Å²) < 4.78 is 7.46. The standard InChI is InChI=1S/C16H14BrN3O2/c1-22-8-10-2-4-12(7-14(10)18)20-9-19-15-6-11(17)3-5-13(15)16(20)21/h2-7,9H,8,18H2,1H3. The van der Waals surface area contributed by atoms with E-state index in [4.69, 9.17) is 10.5 Å². The highest BCUT2D eigenvalue weighted by Gasteiger charge is 2.08. The number of rotatable bonds is 3. The average Bonchev–Trinajstić information content (AvgIpc) is 2.50. The van der Waals surface area contributed by atoms with Gasteiger partial charge in [-0.15, -0.1) is 0 Å². The first-order valence-electron chi connectivity index (χ1n) is 6.65. The van der Waals surface area contributed by atoms with Crippen LogP contribution in [0.5, 0.6) is 0 Å². The zero-order chi connectivity index (χ0) is 15.7. The van der Waals surface area contributed by atoms with E-state index in [1.54, 1.807) is 19.2 Å². The molecule has 5 nitrogen and oxygen atoms in total. The summed E-state index contributed by atoms with van der Waals surface area (Å²) in [4.78, 5) is 16.9. The molecule has 0 aliphatic heterocycles. The molecule has 0 atom stereocenters. The summed E-state index contributed by atoms with van der Waals surface area (Å²) in [5, 5.41) is 0.560. The van der Waals surface area contributed by atoms with Crippen LogP contribution in [0.15, 0.2) is 52.0 Å². The molecule has 22 heavy (non-hydrogen) atoms. The van der Waals surface area contributed by atoms with Gasteiger partial charge in [0.15, 0.2) is 0 Å². The molecule has 2 N–H and O–H groups in total. The van der Waals surface area contributed by atoms with Crippen LogP contribution in [0.1, 0.15) is 5.56 Å². The van der Waals surface area contributed by atoms with Crippen molar-refractivity contribution in [3.05, 3.63) is 63.1 Å². The molecule has 2 aromatic carbocycles. The molecule has 0 spiro atoms. The molecule has 0 aliphatic rings. The maximum absolute atomic E-state index is 12.6. The fourth-order valence-electron chi connectivity index (χ4n) is 2.30. The van der Waals surface area contributed by atoms with Crippen molar-refractivity contribution in [2.75, 3.05) is 12.8 Å². The van der Waals surface area contributed by atoms with Gasteiger partial charge >= 0.3 is 0 Å². The highest BCUT2D eigenvalue weighted by molar-refractivity contribution is 9.10. The Morgan fingerprint density at radius 3 is 2.82 bits per heavy atom. The number of hydrogen-bond donors (Lipinski definition) is 1. The Morgan fingerprint density at radius 1 is 1.27 bits per heavy atom. The normalized spacial score (nSPS) is 11.0. The molecule has 0 saturated carbocycles. The van der Waals surface area contributed by atoms with Crippen molar-refractivity contribution >= 4 is 32.5 Å². The van der Waals surface area contributed by atoms with Gasteiger partial charge in [-0.2, -0.15) is 0 Å². The molecule has 0 unspecified atom stereocenters. The van der Waals surface area contributed by atoms with Crippen LogP contribution >= 0.6 is 15.9 Å². The van der Waals surface area contributed by atoms with Crippen LogP contribution in [-0.4, -0.2) is 16.7 Å². The van der Waals surface area contributed by atoms with E-state index in [0.717, 1.165) is 10.0 Å². The average molecular weight is 360 g/mol. The molecule has 0 radical (unpaired) electrons. The Balaban J connectivity index is 2.14. The highest BCUT2D eigenvalue weighted by atomic mass is 79.9. The van der Waals surface area contributed by atoms with Gasteiger partial charge in [-0.1, -0.05) is 22.0 Å². The van der Waals surface area contributed by atoms with Crippen molar-refractivity contribution in [1.29, 1.82) is 0 Å². The van der Waals surface area contributed by atoms with E-state index in [2.05, 4.69) is 20.9 Å². The molecule has 0 saturated heterocycles. The Kier molecular flexibility index (Phi) is 3.96. The zero-order valence-corrected chi connectivity index (χ0v) is 13.5. The largest absolute Gasteiger partial charge is 0.398 e. The fourth-order valence-corrected chi connectivity index (χ4v) is 2.65. The van der Waals surface area contributed by atoms with Gasteiger partial charge in [0.25, 0.3) is 5.56 Å². The Hall–Kier alpha value is -2.18. The molecule has 1 aromatic heterocycles. The number of nitrogens with two attached hydrogens (primary N) is 1. The van der Waals surface area contributed by atoms with E-state index in [1.807, 2.05) is 24.3 Å². The van der Waals surface area contributed by atoms with E-state index in [1.165, 1.54) is 10.9 Å². The minimum atomic E-state index is -0.128. The van der Waals surface area contributed by atoms with Crippen LogP contribution in [0.4, 0.5) is 5.69 Å². The SMILES string of the molecule is COCc1ccc(-n2cnc3cc(Br)ccc3c2=O)cc1N. The van der Waals surface area contributed by atoms with Crippen molar-refractivity contribution in [2.24, 2.45) is 0 Å². The summed E-state index contributed by atoms with van der Waals surface area (Å²) >= 11 is 3.38. The predicted molar refractivity (Wildman–Crippen MR) is 90.2 cm³/mol. The van der Waals surface area contributed by atoms with Crippen LogP contribution in [0.25, 0.3) is 16.6 Å². The van der Waals surface area contributed by atoms with Gasteiger partial charge in [-0.3, -0.25) is 9.36 Å². The van der Waals surface area contributed by atoms with Crippen LogP contribution in [0.3, 0.4) is 0 Å². The maximum atomic E-state index is 12.6. The molecule has 6 heteroatoms. The third-order valence-corrected chi connectivity index (χ3v) is 3.92. The van der Waals surface area contributed by atoms with E-state index in [-0.39, 0.29) is 5.56 Å². The van der Waals surface area contributed by atoms with Gasteiger partial charge in [0.2, 0.25) is 0 Å². The van der Waals surface area contributed by atoms with Crippen LogP contribution in [-0.2, 0) is 11.3 Å². The number of hydrogen-bond acceptors (Lipinski definition) is 4. The fraction of sp³-hybridized carbons (Fsp3) is 0.125. The quantitative estimate of drug-likeness (QED) is 0.730. The zero-order valence-electron chi connectivity index (χ0n) is 11.9. The first-order chi connectivity index (χ1) is 10.6. The van der Waals surface area contributed by atoms with Crippen LogP contribution in [0.2, 0.25) is 0 Å². The minimum Gasteiger partial charge on any atom is -0.398 e. The number of methoxy groups -OCH3 is 1. The van der Waals surface area contributed by atoms with Gasteiger partial charge in [0.1, 0.15) is 6.33 Å². The molecular weight excluding hydrogens is 346 g/mol. The third kappa shape index (κ3) is 2.63. The lowest BCUT2D eigenvalue weighted by atomic mass is 10.1. The lowest BCUT2D eigenvalue weighted by Crippen LogP contribution is -2.19. The van der Waals surface area contributed by atoms with E-state index >= 15 is 0 Å². The second-order valence-corrected chi connectivity index (χ2v) is 5.81. The Bertz CT molecular complexity index is 906. The molecule has 112 valence electrons. The lowest BCUT2D eigenvalue weighted by molar-refractivity contribution is 0.185. The van der Waals surface area contributed by atoms with E-state index in [0.29, 0.717) is 28.9 Å². The summed E-state index contributed by atoms with van der Waals surface area (Å²) in [6.45, 7) is 0.436. The molecule has 1 heterocycles. The summed E-state index contributed by atoms with van der Waals surface area (Å²) in [7, 11) is 1.61. The second kappa shape index (κ2) is 5.90. The van der Waals surface area contributed by atoms with Crippen LogP contribution < -0.4 is 11.3 Å². The van der Waals surface area contributed by atoms with E-state index in [9.17, 15) is 4.79 Å². The molecule has 0 fully saturated rings. The summed E-state index contributed by atoms with van der Waals surface area (Å²) in [5.74, 6) is 0. The monoisotopic (exact) mass is 359 g/mol. The highest BCUT2D eigenvalue weighted by Crippen LogP contribution is 2.19. The summed E-state index contributed by atoms with van der Waals surface area (Å²) in [6, 6.07) is 10.8. The Morgan fingerprint density at radius 2 is 2.09 bits per heavy atom. The van der Waals surface area contributed by atoms with Crippen molar-refractivity contribution in [3.63, 3.8) is 0 Å². The molecule has 0 amide bonds. The smallest absolute Gasteiger partial charge is 0.265 e. The van der Waals surface area contributed by atoms with Crippen molar-refractivity contribution < 1.29 is 4.74 Å². The van der Waals surface area contributed by atoms with Gasteiger partial charge in [-0.05, 0) is 30.3 Å². The molecule has 3 rings (SSSR count). The number of nitrogen functional groups attached to an aromatic ring is 1. The van der Waals surface area contributed by atoms with Crippen molar-refractivity contribution in [1.82, 2.24) is 9.55 Å². The Labute approximate surface area is 135 Å². The second-order valence-electron chi connectivity index (χ2n) is 4.90. The first-order valence-corrected chi connectivity index (χ1v) is 7.44. The first kappa shape index (κ1) is 14.7. The number of ether oxygens (including phenoxy) is 1. The van der Waals surface area contributed by atoms with Gasteiger partial charge in [-0.25, -0.2) is 4.98 Å². The predicted octanol–water partition coefficient (Wildman–Crippen LogP) is 2.88. The number of anilines is 1. The number of aromatic nitrogens is 2. The number of benzene rings is 2. The summed E-state index contributed by atoms with van der Waals surface area (Å²) in [5.41, 5.74) is 8.68. The molecule has 0 bridgehead atoms. The van der Waals surface area contributed by atoms with E-state index < -0.39 is 0 Å². The van der Waals surface area contributed by atoms with Gasteiger partial charge < -0.3 is 10.5 Å². The van der Waals surface area contributed by atoms with Gasteiger partial charge in [0, 0.05) is 22.8 Å². The lowest BCUT2D eigenvalue weighted by Gasteiger charge is -2.10. The topological polar surface area (TPSA) is 70.1 Å². The van der Waals surface area contributed by atoms with Crippen molar-refractivity contribution in [3.8, 4) is 5.69 Å². The van der Waals surface area contributed by atoms with Crippen LogP contribution in [0, 0.1) is 0 Å². The minimum absolute atomic E-state index is 0.128. The summed E-state index contributed by atoms with van der Waals surface area (Å²) in [6.07, 6.45) is 1.52. The third-order valence-electron chi connectivity index (χ3n) is 3.43. The number of nitrogens with zero attached hydrogens (tertiary/aromatic N) is 2. The maximum Gasteiger partial charge on any atom is 0.265 e.